The second kappa shape index (κ2) is 5.52. The Morgan fingerprint density at radius 1 is 1.16 bits per heavy atom. The van der Waals surface area contributed by atoms with Gasteiger partial charge < -0.3 is 4.90 Å². The molecule has 1 aromatic carbocycles. The molecule has 0 bridgehead atoms. The Kier molecular flexibility index (Phi) is 3.76. The van der Waals surface area contributed by atoms with Gasteiger partial charge >= 0.3 is 0 Å². The zero-order valence-corrected chi connectivity index (χ0v) is 12.6. The Bertz CT molecular complexity index is 497. The van der Waals surface area contributed by atoms with E-state index in [9.17, 15) is 0 Å². The second-order valence-electron chi connectivity index (χ2n) is 5.54. The minimum atomic E-state index is 0.727. The van der Waals surface area contributed by atoms with Crippen LogP contribution in [0, 0.1) is 17.2 Å². The molecule has 2 aliphatic rings. The monoisotopic (exact) mass is 319 g/mol. The van der Waals surface area contributed by atoms with E-state index < -0.39 is 0 Å². The van der Waals surface area contributed by atoms with E-state index in [1.807, 2.05) is 12.1 Å². The second-order valence-corrected chi connectivity index (χ2v) is 6.46. The third-order valence-corrected chi connectivity index (χ3v) is 4.42. The summed E-state index contributed by atoms with van der Waals surface area (Å²) in [7, 11) is 0. The number of hydrogen-bond acceptors (Lipinski definition) is 3. The number of piperazine rings is 1. The van der Waals surface area contributed by atoms with Crippen LogP contribution in [-0.2, 0) is 0 Å². The van der Waals surface area contributed by atoms with Gasteiger partial charge in [-0.1, -0.05) is 15.9 Å². The van der Waals surface area contributed by atoms with Crippen LogP contribution in [0.1, 0.15) is 18.4 Å². The minimum Gasteiger partial charge on any atom is -0.369 e. The molecule has 0 radical (unpaired) electrons. The molecular formula is C15H18BrN3. The van der Waals surface area contributed by atoms with Crippen LogP contribution in [0.5, 0.6) is 0 Å². The summed E-state index contributed by atoms with van der Waals surface area (Å²) in [4.78, 5) is 4.96. The lowest BCUT2D eigenvalue weighted by Gasteiger charge is -2.36. The molecule has 0 atom stereocenters. The van der Waals surface area contributed by atoms with E-state index >= 15 is 0 Å². The highest BCUT2D eigenvalue weighted by molar-refractivity contribution is 9.10. The van der Waals surface area contributed by atoms with Gasteiger partial charge in [0.15, 0.2) is 0 Å². The minimum absolute atomic E-state index is 0.727. The first kappa shape index (κ1) is 13.0. The summed E-state index contributed by atoms with van der Waals surface area (Å²) < 4.78 is 0.988. The Hall–Kier alpha value is -1.05. The number of nitrogens with zero attached hydrogens (tertiary/aromatic N) is 3. The Balaban J connectivity index is 1.64. The van der Waals surface area contributed by atoms with E-state index in [1.54, 1.807) is 0 Å². The molecule has 1 aromatic rings. The maximum Gasteiger partial charge on any atom is 0.0992 e. The van der Waals surface area contributed by atoms with Crippen molar-refractivity contribution in [3.8, 4) is 6.07 Å². The van der Waals surface area contributed by atoms with Gasteiger partial charge in [0.05, 0.1) is 11.6 Å². The quantitative estimate of drug-likeness (QED) is 0.858. The summed E-state index contributed by atoms with van der Waals surface area (Å²) in [5.74, 6) is 0.975. The molecule has 1 heterocycles. The normalized spacial score (nSPS) is 20.3. The molecule has 0 amide bonds. The van der Waals surface area contributed by atoms with Crippen LogP contribution in [0.25, 0.3) is 0 Å². The number of rotatable bonds is 3. The number of hydrogen-bond donors (Lipinski definition) is 0. The van der Waals surface area contributed by atoms with Crippen LogP contribution in [0.4, 0.5) is 5.69 Å². The Morgan fingerprint density at radius 3 is 2.53 bits per heavy atom. The van der Waals surface area contributed by atoms with Gasteiger partial charge in [0.25, 0.3) is 0 Å². The maximum atomic E-state index is 9.04. The largest absolute Gasteiger partial charge is 0.369 e. The number of benzene rings is 1. The lowest BCUT2D eigenvalue weighted by molar-refractivity contribution is 0.248. The first-order valence-electron chi connectivity index (χ1n) is 6.92. The summed E-state index contributed by atoms with van der Waals surface area (Å²) in [5.41, 5.74) is 1.89. The molecule has 1 saturated carbocycles. The summed E-state index contributed by atoms with van der Waals surface area (Å²) in [5, 5.41) is 9.04. The van der Waals surface area contributed by atoms with Crippen LogP contribution in [0.3, 0.4) is 0 Å². The molecule has 19 heavy (non-hydrogen) atoms. The summed E-state index contributed by atoms with van der Waals surface area (Å²) in [6.07, 6.45) is 2.86. The van der Waals surface area contributed by atoms with Gasteiger partial charge in [-0.25, -0.2) is 0 Å². The van der Waals surface area contributed by atoms with Crippen molar-refractivity contribution in [1.82, 2.24) is 4.90 Å². The van der Waals surface area contributed by atoms with Crippen molar-refractivity contribution in [2.45, 2.75) is 12.8 Å². The smallest absolute Gasteiger partial charge is 0.0992 e. The van der Waals surface area contributed by atoms with E-state index in [0.29, 0.717) is 0 Å². The van der Waals surface area contributed by atoms with Gasteiger partial charge in [-0.3, -0.25) is 4.90 Å². The Morgan fingerprint density at radius 2 is 1.89 bits per heavy atom. The summed E-state index contributed by atoms with van der Waals surface area (Å²) >= 11 is 3.49. The van der Waals surface area contributed by atoms with Crippen molar-refractivity contribution < 1.29 is 0 Å². The molecule has 3 rings (SSSR count). The van der Waals surface area contributed by atoms with Crippen molar-refractivity contribution in [3.63, 3.8) is 0 Å². The third-order valence-electron chi connectivity index (χ3n) is 3.96. The van der Waals surface area contributed by atoms with Crippen molar-refractivity contribution in [2.24, 2.45) is 5.92 Å². The molecule has 2 fully saturated rings. The fourth-order valence-electron chi connectivity index (χ4n) is 2.68. The molecule has 1 aliphatic heterocycles. The van der Waals surface area contributed by atoms with E-state index in [0.717, 1.165) is 47.8 Å². The highest BCUT2D eigenvalue weighted by atomic mass is 79.9. The molecule has 3 nitrogen and oxygen atoms in total. The summed E-state index contributed by atoms with van der Waals surface area (Å²) in [6, 6.07) is 8.19. The molecule has 0 N–H and O–H groups in total. The molecule has 4 heteroatoms. The fourth-order valence-corrected chi connectivity index (χ4v) is 3.16. The highest BCUT2D eigenvalue weighted by Gasteiger charge is 2.26. The molecular weight excluding hydrogens is 302 g/mol. The van der Waals surface area contributed by atoms with Gasteiger partial charge in [-0.05, 0) is 37.0 Å². The van der Waals surface area contributed by atoms with Crippen molar-refractivity contribution in [2.75, 3.05) is 37.6 Å². The molecule has 0 unspecified atom stereocenters. The van der Waals surface area contributed by atoms with Crippen molar-refractivity contribution in [1.29, 1.82) is 5.26 Å². The zero-order chi connectivity index (χ0) is 13.2. The van der Waals surface area contributed by atoms with Crippen LogP contribution >= 0.6 is 15.9 Å². The van der Waals surface area contributed by atoms with E-state index in [1.165, 1.54) is 19.4 Å². The fraction of sp³-hybridized carbons (Fsp3) is 0.533. The van der Waals surface area contributed by atoms with Crippen molar-refractivity contribution >= 4 is 21.6 Å². The molecule has 100 valence electrons. The van der Waals surface area contributed by atoms with Crippen LogP contribution in [0.2, 0.25) is 0 Å². The van der Waals surface area contributed by atoms with Gasteiger partial charge in [0, 0.05) is 42.9 Å². The Labute approximate surface area is 122 Å². The average Bonchev–Trinajstić information content (AvgIpc) is 3.23. The predicted octanol–water partition coefficient (Wildman–Crippen LogP) is 2.85. The lowest BCUT2D eigenvalue weighted by Crippen LogP contribution is -2.47. The van der Waals surface area contributed by atoms with E-state index in [4.69, 9.17) is 5.26 Å². The highest BCUT2D eigenvalue weighted by Crippen LogP contribution is 2.30. The lowest BCUT2D eigenvalue weighted by atomic mass is 10.2. The number of halogens is 1. The predicted molar refractivity (Wildman–Crippen MR) is 80.2 cm³/mol. The van der Waals surface area contributed by atoms with Crippen LogP contribution in [-0.4, -0.2) is 37.6 Å². The van der Waals surface area contributed by atoms with E-state index in [2.05, 4.69) is 37.9 Å². The van der Waals surface area contributed by atoms with Gasteiger partial charge in [-0.2, -0.15) is 5.26 Å². The third kappa shape index (κ3) is 3.29. The molecule has 0 spiro atoms. The van der Waals surface area contributed by atoms with E-state index in [-0.39, 0.29) is 0 Å². The maximum absolute atomic E-state index is 9.04. The van der Waals surface area contributed by atoms with Crippen LogP contribution < -0.4 is 4.90 Å². The topological polar surface area (TPSA) is 30.3 Å². The molecule has 1 saturated heterocycles. The molecule has 0 aromatic heterocycles. The SMILES string of the molecule is N#Cc1cc(Br)cc(N2CCN(CC3CC3)CC2)c1. The first-order valence-corrected chi connectivity index (χ1v) is 7.72. The zero-order valence-electron chi connectivity index (χ0n) is 11.0. The van der Waals surface area contributed by atoms with Gasteiger partial charge in [0.2, 0.25) is 0 Å². The summed E-state index contributed by atoms with van der Waals surface area (Å²) in [6.45, 7) is 5.70. The number of anilines is 1. The first-order chi connectivity index (χ1) is 9.24. The number of nitriles is 1. The average molecular weight is 320 g/mol. The van der Waals surface area contributed by atoms with Crippen LogP contribution in [0.15, 0.2) is 22.7 Å². The molecule has 1 aliphatic carbocycles. The van der Waals surface area contributed by atoms with Gasteiger partial charge in [0.1, 0.15) is 0 Å². The van der Waals surface area contributed by atoms with Gasteiger partial charge in [-0.15, -0.1) is 0 Å². The standard InChI is InChI=1S/C15H18BrN3/c16-14-7-13(10-17)8-15(9-14)19-5-3-18(4-6-19)11-12-1-2-12/h7-9,12H,1-6,11H2. The van der Waals surface area contributed by atoms with Crippen molar-refractivity contribution in [3.05, 3.63) is 28.2 Å².